The van der Waals surface area contributed by atoms with Gasteiger partial charge in [-0.05, 0) is 6.42 Å². The van der Waals surface area contributed by atoms with Gasteiger partial charge >= 0.3 is 0 Å². The van der Waals surface area contributed by atoms with E-state index >= 15 is 0 Å². The van der Waals surface area contributed by atoms with Gasteiger partial charge in [-0.1, -0.05) is 64.7 Å². The van der Waals surface area contributed by atoms with Crippen molar-refractivity contribution in [2.24, 2.45) is 0 Å². The van der Waals surface area contributed by atoms with Crippen LogP contribution in [0.2, 0.25) is 0 Å². The fourth-order valence-corrected chi connectivity index (χ4v) is 3.40. The Morgan fingerprint density at radius 2 is 1.52 bits per heavy atom. The summed E-state index contributed by atoms with van der Waals surface area (Å²) in [6.07, 6.45) is 7.87. The molecule has 7 nitrogen and oxygen atoms in total. The number of ether oxygens (including phenoxy) is 2. The molecule has 0 saturated carbocycles. The quantitative estimate of drug-likeness (QED) is 0.338. The lowest BCUT2D eigenvalue weighted by Gasteiger charge is -2.42. The molecule has 1 aliphatic heterocycles. The standard InChI is InChI=1S/C20H39NO6/c1-3-4-5-6-7-8-9-10-11-12-13-26-20-17(21-15(2)23)19(25)18(24)16(14-22)27-20/h16-20,22,24-25H,3-14H2,1-2H3,(H,21,23)/t16-,17-,18-,19-,20-/m0/s1. The summed E-state index contributed by atoms with van der Waals surface area (Å²) in [7, 11) is 0. The van der Waals surface area contributed by atoms with Crippen LogP contribution in [-0.4, -0.2) is 65.1 Å². The third-order valence-corrected chi connectivity index (χ3v) is 5.03. The van der Waals surface area contributed by atoms with Gasteiger partial charge in [0.2, 0.25) is 5.91 Å². The second-order valence-corrected chi connectivity index (χ2v) is 7.49. The summed E-state index contributed by atoms with van der Waals surface area (Å²) in [6, 6.07) is -0.858. The molecule has 1 aliphatic rings. The second kappa shape index (κ2) is 14.3. The van der Waals surface area contributed by atoms with E-state index in [4.69, 9.17) is 9.47 Å². The van der Waals surface area contributed by atoms with Gasteiger partial charge in [0.15, 0.2) is 6.29 Å². The Labute approximate surface area is 163 Å². The Bertz CT molecular complexity index is 395. The molecule has 5 atom stereocenters. The molecule has 1 saturated heterocycles. The Morgan fingerprint density at radius 3 is 2.04 bits per heavy atom. The largest absolute Gasteiger partial charge is 0.394 e. The molecule has 0 aromatic heterocycles. The zero-order chi connectivity index (χ0) is 20.1. The Balaban J connectivity index is 2.23. The number of carbonyl (C=O) groups excluding carboxylic acids is 1. The van der Waals surface area contributed by atoms with Crippen molar-refractivity contribution in [1.82, 2.24) is 5.32 Å². The first-order valence-corrected chi connectivity index (χ1v) is 10.5. The lowest BCUT2D eigenvalue weighted by Crippen LogP contribution is -2.64. The molecule has 1 rings (SSSR count). The third-order valence-electron chi connectivity index (χ3n) is 5.03. The molecule has 160 valence electrons. The molecular weight excluding hydrogens is 350 g/mol. The summed E-state index contributed by atoms with van der Waals surface area (Å²) in [4.78, 5) is 11.4. The van der Waals surface area contributed by atoms with E-state index in [0.717, 1.165) is 12.8 Å². The molecule has 0 aromatic carbocycles. The van der Waals surface area contributed by atoms with Crippen molar-refractivity contribution in [3.05, 3.63) is 0 Å². The minimum absolute atomic E-state index is 0.343. The highest BCUT2D eigenvalue weighted by molar-refractivity contribution is 5.73. The van der Waals surface area contributed by atoms with E-state index in [0.29, 0.717) is 6.61 Å². The van der Waals surface area contributed by atoms with Gasteiger partial charge in [0.1, 0.15) is 24.4 Å². The first-order valence-electron chi connectivity index (χ1n) is 10.5. The van der Waals surface area contributed by atoms with Crippen molar-refractivity contribution in [2.75, 3.05) is 13.2 Å². The topological polar surface area (TPSA) is 108 Å². The van der Waals surface area contributed by atoms with Crippen LogP contribution >= 0.6 is 0 Å². The minimum atomic E-state index is -1.27. The summed E-state index contributed by atoms with van der Waals surface area (Å²) >= 11 is 0. The zero-order valence-corrected chi connectivity index (χ0v) is 16.9. The van der Waals surface area contributed by atoms with Gasteiger partial charge in [0.05, 0.1) is 6.61 Å². The maximum atomic E-state index is 11.4. The average Bonchev–Trinajstić information content (AvgIpc) is 2.64. The second-order valence-electron chi connectivity index (χ2n) is 7.49. The number of rotatable bonds is 14. The Hall–Kier alpha value is -0.730. The van der Waals surface area contributed by atoms with Crippen molar-refractivity contribution in [3.63, 3.8) is 0 Å². The fourth-order valence-electron chi connectivity index (χ4n) is 3.40. The van der Waals surface area contributed by atoms with Crippen LogP contribution < -0.4 is 5.32 Å². The van der Waals surface area contributed by atoms with E-state index in [2.05, 4.69) is 12.2 Å². The molecule has 0 aliphatic carbocycles. The molecule has 1 amide bonds. The molecule has 0 radical (unpaired) electrons. The molecule has 0 spiro atoms. The summed E-state index contributed by atoms with van der Waals surface area (Å²) in [6.45, 7) is 3.57. The van der Waals surface area contributed by atoms with Crippen molar-refractivity contribution < 1.29 is 29.6 Å². The number of nitrogens with one attached hydrogen (secondary N) is 1. The zero-order valence-electron chi connectivity index (χ0n) is 16.9. The van der Waals surface area contributed by atoms with Gasteiger partial charge in [-0.3, -0.25) is 4.79 Å². The lowest BCUT2D eigenvalue weighted by atomic mass is 9.97. The van der Waals surface area contributed by atoms with Crippen LogP contribution in [0.1, 0.15) is 78.1 Å². The van der Waals surface area contributed by atoms with E-state index < -0.39 is 37.3 Å². The molecule has 27 heavy (non-hydrogen) atoms. The van der Waals surface area contributed by atoms with Crippen molar-refractivity contribution >= 4 is 5.91 Å². The highest BCUT2D eigenvalue weighted by atomic mass is 16.7. The van der Waals surface area contributed by atoms with Crippen LogP contribution in [0.5, 0.6) is 0 Å². The number of hydrogen-bond acceptors (Lipinski definition) is 6. The summed E-state index contributed by atoms with van der Waals surface area (Å²) in [5, 5.41) is 32.0. The molecule has 7 heteroatoms. The van der Waals surface area contributed by atoms with Gasteiger partial charge in [-0.25, -0.2) is 0 Å². The number of aliphatic hydroxyl groups is 3. The van der Waals surface area contributed by atoms with Gasteiger partial charge in [0.25, 0.3) is 0 Å². The highest BCUT2D eigenvalue weighted by Crippen LogP contribution is 2.22. The Kier molecular flexibility index (Phi) is 12.9. The van der Waals surface area contributed by atoms with Crippen molar-refractivity contribution in [2.45, 2.75) is 109 Å². The minimum Gasteiger partial charge on any atom is -0.394 e. The number of hydrogen-bond donors (Lipinski definition) is 4. The molecular formula is C20H39NO6. The van der Waals surface area contributed by atoms with Crippen molar-refractivity contribution in [1.29, 1.82) is 0 Å². The molecule has 1 heterocycles. The number of unbranched alkanes of at least 4 members (excludes halogenated alkanes) is 9. The number of amides is 1. The van der Waals surface area contributed by atoms with Crippen molar-refractivity contribution in [3.8, 4) is 0 Å². The van der Waals surface area contributed by atoms with Gasteiger partial charge in [-0.2, -0.15) is 0 Å². The molecule has 1 fully saturated rings. The predicted molar refractivity (Wildman–Crippen MR) is 103 cm³/mol. The first-order chi connectivity index (χ1) is 13.0. The van der Waals surface area contributed by atoms with Crippen LogP contribution in [0, 0.1) is 0 Å². The van der Waals surface area contributed by atoms with Crippen LogP contribution in [0.4, 0.5) is 0 Å². The molecule has 0 unspecified atom stereocenters. The van der Waals surface area contributed by atoms with Crippen LogP contribution in [0.15, 0.2) is 0 Å². The van der Waals surface area contributed by atoms with E-state index in [1.54, 1.807) is 0 Å². The van der Waals surface area contributed by atoms with Gasteiger partial charge < -0.3 is 30.1 Å². The van der Waals surface area contributed by atoms with Crippen LogP contribution in [0.3, 0.4) is 0 Å². The first kappa shape index (κ1) is 24.3. The smallest absolute Gasteiger partial charge is 0.217 e. The van der Waals surface area contributed by atoms with E-state index in [1.807, 2.05) is 0 Å². The van der Waals surface area contributed by atoms with Crippen LogP contribution in [0.25, 0.3) is 0 Å². The maximum Gasteiger partial charge on any atom is 0.217 e. The molecule has 0 aromatic rings. The number of carbonyl (C=O) groups is 1. The van der Waals surface area contributed by atoms with Gasteiger partial charge in [-0.15, -0.1) is 0 Å². The molecule has 4 N–H and O–H groups in total. The van der Waals surface area contributed by atoms with E-state index in [1.165, 1.54) is 58.3 Å². The summed E-state index contributed by atoms with van der Waals surface area (Å²) in [5.41, 5.74) is 0. The highest BCUT2D eigenvalue weighted by Gasteiger charge is 2.45. The van der Waals surface area contributed by atoms with E-state index in [-0.39, 0.29) is 5.91 Å². The summed E-state index contributed by atoms with van der Waals surface area (Å²) in [5.74, 6) is -0.343. The average molecular weight is 390 g/mol. The maximum absolute atomic E-state index is 11.4. The molecule has 0 bridgehead atoms. The van der Waals surface area contributed by atoms with Gasteiger partial charge in [0, 0.05) is 13.5 Å². The normalized spacial score (nSPS) is 28.3. The summed E-state index contributed by atoms with van der Waals surface area (Å²) < 4.78 is 11.2. The monoisotopic (exact) mass is 389 g/mol. The SMILES string of the molecule is CCCCCCCCCCCCO[C@H]1O[C@@H](CO)[C@H](O)[C@@H](O)[C@@H]1NC(C)=O. The fraction of sp³-hybridized carbons (Fsp3) is 0.950. The van der Waals surface area contributed by atoms with Crippen LogP contribution in [-0.2, 0) is 14.3 Å². The predicted octanol–water partition coefficient (Wildman–Crippen LogP) is 1.87. The number of aliphatic hydroxyl groups excluding tert-OH is 3. The lowest BCUT2D eigenvalue weighted by molar-refractivity contribution is -0.270. The Morgan fingerprint density at radius 1 is 0.963 bits per heavy atom. The third kappa shape index (κ3) is 9.34. The van der Waals surface area contributed by atoms with E-state index in [9.17, 15) is 20.1 Å².